The zero-order chi connectivity index (χ0) is 9.14. The molecule has 0 aliphatic rings. The molecule has 3 heteroatoms. The van der Waals surface area contributed by atoms with Crippen LogP contribution >= 0.6 is 15.9 Å². The number of ether oxygens (including phenoxy) is 1. The van der Waals surface area contributed by atoms with E-state index in [0.29, 0.717) is 5.69 Å². The molecule has 0 radical (unpaired) electrons. The molecule has 0 bridgehead atoms. The molecule has 0 aliphatic heterocycles. The second-order valence-electron chi connectivity index (χ2n) is 2.54. The fourth-order valence-electron chi connectivity index (χ4n) is 1.08. The van der Waals surface area contributed by atoms with Crippen LogP contribution in [0.2, 0.25) is 0 Å². The highest BCUT2D eigenvalue weighted by atomic mass is 79.9. The summed E-state index contributed by atoms with van der Waals surface area (Å²) in [5, 5.41) is 0. The van der Waals surface area contributed by atoms with E-state index >= 15 is 0 Å². The maximum atomic E-state index is 5.69. The van der Waals surface area contributed by atoms with Gasteiger partial charge in [-0.1, -0.05) is 6.92 Å². The molecule has 0 saturated carbocycles. The molecule has 2 nitrogen and oxygen atoms in total. The highest BCUT2D eigenvalue weighted by Gasteiger charge is 2.04. The summed E-state index contributed by atoms with van der Waals surface area (Å²) in [6.45, 7) is 2.08. The van der Waals surface area contributed by atoms with Crippen molar-refractivity contribution in [3.63, 3.8) is 0 Å². The molecule has 0 saturated heterocycles. The number of benzene rings is 1. The number of methoxy groups -OCH3 is 1. The molecule has 0 spiro atoms. The lowest BCUT2D eigenvalue weighted by molar-refractivity contribution is 0.410. The molecule has 0 heterocycles. The van der Waals surface area contributed by atoms with E-state index in [1.165, 1.54) is 5.56 Å². The van der Waals surface area contributed by atoms with Crippen LogP contribution < -0.4 is 10.5 Å². The normalized spacial score (nSPS) is 9.92. The largest absolute Gasteiger partial charge is 0.496 e. The van der Waals surface area contributed by atoms with Gasteiger partial charge in [0, 0.05) is 16.2 Å². The number of hydrogen-bond acceptors (Lipinski definition) is 2. The van der Waals surface area contributed by atoms with Crippen LogP contribution in [0.1, 0.15) is 12.5 Å². The Hall–Kier alpha value is -0.700. The minimum atomic E-state index is 0.712. The summed E-state index contributed by atoms with van der Waals surface area (Å²) in [4.78, 5) is 0. The molecule has 0 fully saturated rings. The topological polar surface area (TPSA) is 35.2 Å². The first-order valence-corrected chi connectivity index (χ1v) is 4.60. The molecule has 1 aromatic rings. The predicted octanol–water partition coefficient (Wildman–Crippen LogP) is 2.60. The molecule has 0 aromatic heterocycles. The van der Waals surface area contributed by atoms with Crippen LogP contribution in [0.3, 0.4) is 0 Å². The number of nitrogens with two attached hydrogens (primary N) is 1. The zero-order valence-corrected chi connectivity index (χ0v) is 8.81. The molecule has 1 aromatic carbocycles. The zero-order valence-electron chi connectivity index (χ0n) is 7.23. The Morgan fingerprint density at radius 3 is 2.67 bits per heavy atom. The lowest BCUT2D eigenvalue weighted by Crippen LogP contribution is -1.94. The van der Waals surface area contributed by atoms with Gasteiger partial charge in [-0.05, 0) is 34.0 Å². The molecular weight excluding hydrogens is 218 g/mol. The number of hydrogen-bond donors (Lipinski definition) is 1. The minimum Gasteiger partial charge on any atom is -0.496 e. The monoisotopic (exact) mass is 229 g/mol. The highest BCUT2D eigenvalue weighted by molar-refractivity contribution is 9.10. The van der Waals surface area contributed by atoms with E-state index in [-0.39, 0.29) is 0 Å². The van der Waals surface area contributed by atoms with Crippen molar-refractivity contribution in [2.45, 2.75) is 13.3 Å². The van der Waals surface area contributed by atoms with Gasteiger partial charge < -0.3 is 10.5 Å². The average Bonchev–Trinajstić information content (AvgIpc) is 2.09. The minimum absolute atomic E-state index is 0.712. The third kappa shape index (κ3) is 1.72. The summed E-state index contributed by atoms with van der Waals surface area (Å²) >= 11 is 3.37. The molecule has 2 N–H and O–H groups in total. The maximum Gasteiger partial charge on any atom is 0.124 e. The van der Waals surface area contributed by atoms with Crippen molar-refractivity contribution in [1.82, 2.24) is 0 Å². The summed E-state index contributed by atoms with van der Waals surface area (Å²) in [5.74, 6) is 0.859. The van der Waals surface area contributed by atoms with Crippen molar-refractivity contribution < 1.29 is 4.74 Å². The molecule has 0 unspecified atom stereocenters. The SMILES string of the molecule is CCc1cc(Br)c(N)cc1OC. The van der Waals surface area contributed by atoms with Crippen molar-refractivity contribution in [3.8, 4) is 5.75 Å². The number of rotatable bonds is 2. The Balaban J connectivity index is 3.19. The molecular formula is C9H12BrNO. The van der Waals surface area contributed by atoms with E-state index in [2.05, 4.69) is 22.9 Å². The maximum absolute atomic E-state index is 5.69. The Kier molecular flexibility index (Phi) is 2.98. The van der Waals surface area contributed by atoms with Crippen LogP contribution in [-0.2, 0) is 6.42 Å². The fraction of sp³-hybridized carbons (Fsp3) is 0.333. The molecule has 0 atom stereocenters. The summed E-state index contributed by atoms with van der Waals surface area (Å²) in [6.07, 6.45) is 0.946. The third-order valence-electron chi connectivity index (χ3n) is 1.78. The lowest BCUT2D eigenvalue weighted by Gasteiger charge is -2.08. The van der Waals surface area contributed by atoms with Gasteiger partial charge in [0.25, 0.3) is 0 Å². The first kappa shape index (κ1) is 9.39. The molecule has 0 amide bonds. The van der Waals surface area contributed by atoms with Gasteiger partial charge in [0.15, 0.2) is 0 Å². The van der Waals surface area contributed by atoms with E-state index in [1.54, 1.807) is 7.11 Å². The molecule has 66 valence electrons. The number of halogens is 1. The van der Waals surface area contributed by atoms with E-state index in [0.717, 1.165) is 16.6 Å². The van der Waals surface area contributed by atoms with E-state index in [1.807, 2.05) is 12.1 Å². The van der Waals surface area contributed by atoms with Gasteiger partial charge in [0.05, 0.1) is 7.11 Å². The molecule has 12 heavy (non-hydrogen) atoms. The van der Waals surface area contributed by atoms with Crippen LogP contribution in [0, 0.1) is 0 Å². The smallest absolute Gasteiger partial charge is 0.124 e. The van der Waals surface area contributed by atoms with Crippen molar-refractivity contribution in [3.05, 3.63) is 22.2 Å². The Morgan fingerprint density at radius 1 is 1.50 bits per heavy atom. The van der Waals surface area contributed by atoms with Gasteiger partial charge in [0.2, 0.25) is 0 Å². The highest BCUT2D eigenvalue weighted by Crippen LogP contribution is 2.29. The lowest BCUT2D eigenvalue weighted by atomic mass is 10.1. The second kappa shape index (κ2) is 3.81. The number of anilines is 1. The first-order chi connectivity index (χ1) is 5.69. The van der Waals surface area contributed by atoms with Crippen LogP contribution in [0.5, 0.6) is 5.75 Å². The van der Waals surface area contributed by atoms with Gasteiger partial charge in [-0.3, -0.25) is 0 Å². The third-order valence-corrected chi connectivity index (χ3v) is 2.47. The van der Waals surface area contributed by atoms with Crippen molar-refractivity contribution in [2.75, 3.05) is 12.8 Å². The van der Waals surface area contributed by atoms with Gasteiger partial charge in [-0.15, -0.1) is 0 Å². The van der Waals surface area contributed by atoms with Crippen LogP contribution in [0.25, 0.3) is 0 Å². The Labute approximate surface area is 80.8 Å². The number of nitrogen functional groups attached to an aromatic ring is 1. The first-order valence-electron chi connectivity index (χ1n) is 3.81. The Bertz CT molecular complexity index is 257. The van der Waals surface area contributed by atoms with Gasteiger partial charge in [0.1, 0.15) is 5.75 Å². The van der Waals surface area contributed by atoms with Crippen molar-refractivity contribution in [2.24, 2.45) is 0 Å². The van der Waals surface area contributed by atoms with Crippen LogP contribution in [0.15, 0.2) is 16.6 Å². The summed E-state index contributed by atoms with van der Waals surface area (Å²) in [7, 11) is 1.65. The molecule has 1 rings (SSSR count). The number of aryl methyl sites for hydroxylation is 1. The van der Waals surface area contributed by atoms with Gasteiger partial charge in [-0.25, -0.2) is 0 Å². The van der Waals surface area contributed by atoms with E-state index < -0.39 is 0 Å². The second-order valence-corrected chi connectivity index (χ2v) is 3.39. The van der Waals surface area contributed by atoms with Crippen molar-refractivity contribution >= 4 is 21.6 Å². The van der Waals surface area contributed by atoms with E-state index in [4.69, 9.17) is 10.5 Å². The fourth-order valence-corrected chi connectivity index (χ4v) is 1.47. The van der Waals surface area contributed by atoms with E-state index in [9.17, 15) is 0 Å². The van der Waals surface area contributed by atoms with Crippen molar-refractivity contribution in [1.29, 1.82) is 0 Å². The van der Waals surface area contributed by atoms with Gasteiger partial charge >= 0.3 is 0 Å². The van der Waals surface area contributed by atoms with Gasteiger partial charge in [-0.2, -0.15) is 0 Å². The molecule has 0 aliphatic carbocycles. The summed E-state index contributed by atoms with van der Waals surface area (Å²) in [5.41, 5.74) is 7.57. The predicted molar refractivity (Wildman–Crippen MR) is 54.5 cm³/mol. The summed E-state index contributed by atoms with van der Waals surface area (Å²) in [6, 6.07) is 3.83. The quantitative estimate of drug-likeness (QED) is 0.792. The average molecular weight is 230 g/mol. The van der Waals surface area contributed by atoms with Crippen LogP contribution in [0.4, 0.5) is 5.69 Å². The Morgan fingerprint density at radius 2 is 2.17 bits per heavy atom. The summed E-state index contributed by atoms with van der Waals surface area (Å²) < 4.78 is 6.10. The van der Waals surface area contributed by atoms with Crippen LogP contribution in [-0.4, -0.2) is 7.11 Å². The standard InChI is InChI=1S/C9H12BrNO/c1-3-6-4-7(10)8(11)5-9(6)12-2/h4-5H,3,11H2,1-2H3.